The lowest BCUT2D eigenvalue weighted by atomic mass is 9.99. The number of hydrogen-bond acceptors (Lipinski definition) is 7. The summed E-state index contributed by atoms with van der Waals surface area (Å²) in [6, 6.07) is 13.6. The predicted molar refractivity (Wildman–Crippen MR) is 130 cm³/mol. The highest BCUT2D eigenvalue weighted by Crippen LogP contribution is 2.16. The van der Waals surface area contributed by atoms with Gasteiger partial charge in [0, 0.05) is 6.42 Å². The van der Waals surface area contributed by atoms with E-state index in [1.807, 2.05) is 30.3 Å². The van der Waals surface area contributed by atoms with E-state index in [0.717, 1.165) is 11.1 Å². The average Bonchev–Trinajstić information content (AvgIpc) is 3.74. The lowest BCUT2D eigenvalue weighted by Gasteiger charge is -2.24. The van der Waals surface area contributed by atoms with Crippen LogP contribution < -0.4 is 20.7 Å². The number of alkyl carbamates (subject to hydrolysis) is 1. The van der Waals surface area contributed by atoms with E-state index in [9.17, 15) is 19.2 Å². The highest BCUT2D eigenvalue weighted by atomic mass is 16.6. The molecule has 1 fully saturated rings. The average molecular weight is 498 g/mol. The van der Waals surface area contributed by atoms with Crippen molar-refractivity contribution in [1.82, 2.24) is 16.0 Å². The monoisotopic (exact) mass is 497 g/mol. The van der Waals surface area contributed by atoms with E-state index < -0.39 is 42.1 Å². The van der Waals surface area contributed by atoms with Gasteiger partial charge in [0.2, 0.25) is 11.8 Å². The number of rotatable bonds is 12. The Hall–Kier alpha value is -3.92. The van der Waals surface area contributed by atoms with Crippen molar-refractivity contribution < 1.29 is 33.4 Å². The van der Waals surface area contributed by atoms with E-state index >= 15 is 0 Å². The summed E-state index contributed by atoms with van der Waals surface area (Å²) in [6.45, 7) is 1.80. The van der Waals surface area contributed by atoms with Gasteiger partial charge in [-0.15, -0.1) is 0 Å². The summed E-state index contributed by atoms with van der Waals surface area (Å²) >= 11 is 0. The van der Waals surface area contributed by atoms with Crippen LogP contribution in [-0.4, -0.2) is 68.7 Å². The molecule has 0 aromatic heterocycles. The van der Waals surface area contributed by atoms with Crippen LogP contribution in [0.4, 0.5) is 4.79 Å². The zero-order valence-electron chi connectivity index (χ0n) is 20.5. The minimum Gasteiger partial charge on any atom is -0.497 e. The van der Waals surface area contributed by atoms with Crippen molar-refractivity contribution in [3.63, 3.8) is 0 Å². The Bertz CT molecular complexity index is 1050. The third kappa shape index (κ3) is 7.81. The number of epoxide rings is 1. The summed E-state index contributed by atoms with van der Waals surface area (Å²) in [5, 5.41) is 7.86. The van der Waals surface area contributed by atoms with E-state index in [0.29, 0.717) is 12.4 Å². The standard InChI is InChI=1S/C26H31N3O7/c1-16(27-26(33)35-3)24(31)29-21(14-18-9-11-19(34-2)12-10-18)25(32)28-20(23(30)22-15-36-22)13-17-7-5-4-6-8-17/h4-12,16,20-22H,13-15H2,1-3H3,(H,27,33)(H,28,32)(H,29,31)/t16-,20+,21+,22-/m1/s1. The molecule has 1 heterocycles. The quantitative estimate of drug-likeness (QED) is 0.375. The van der Waals surface area contributed by atoms with E-state index in [1.54, 1.807) is 31.4 Å². The van der Waals surface area contributed by atoms with Crippen molar-refractivity contribution in [1.29, 1.82) is 0 Å². The summed E-state index contributed by atoms with van der Waals surface area (Å²) in [6.07, 6.45) is -0.877. The number of carbonyl (C=O) groups is 4. The summed E-state index contributed by atoms with van der Waals surface area (Å²) in [4.78, 5) is 50.5. The number of amides is 3. The van der Waals surface area contributed by atoms with Crippen LogP contribution in [0.2, 0.25) is 0 Å². The molecular formula is C26H31N3O7. The largest absolute Gasteiger partial charge is 0.497 e. The van der Waals surface area contributed by atoms with Gasteiger partial charge in [-0.1, -0.05) is 42.5 Å². The Morgan fingerprint density at radius 1 is 0.861 bits per heavy atom. The summed E-state index contributed by atoms with van der Waals surface area (Å²) in [7, 11) is 2.74. The molecule has 0 unspecified atom stereocenters. The fourth-order valence-corrected chi connectivity index (χ4v) is 3.59. The maximum Gasteiger partial charge on any atom is 0.407 e. The molecule has 0 aliphatic carbocycles. The number of benzene rings is 2. The molecule has 36 heavy (non-hydrogen) atoms. The maximum absolute atomic E-state index is 13.4. The fourth-order valence-electron chi connectivity index (χ4n) is 3.59. The Kier molecular flexibility index (Phi) is 9.40. The van der Waals surface area contributed by atoms with Gasteiger partial charge in [-0.05, 0) is 36.6 Å². The van der Waals surface area contributed by atoms with Crippen LogP contribution in [0, 0.1) is 0 Å². The van der Waals surface area contributed by atoms with Crippen LogP contribution in [0.5, 0.6) is 5.75 Å². The second kappa shape index (κ2) is 12.7. The van der Waals surface area contributed by atoms with Gasteiger partial charge < -0.3 is 30.2 Å². The second-order valence-electron chi connectivity index (χ2n) is 8.45. The highest BCUT2D eigenvalue weighted by molar-refractivity contribution is 5.96. The third-order valence-corrected chi connectivity index (χ3v) is 5.74. The lowest BCUT2D eigenvalue weighted by molar-refractivity contribution is -0.132. The third-order valence-electron chi connectivity index (χ3n) is 5.74. The Labute approximate surface area is 209 Å². The first-order valence-electron chi connectivity index (χ1n) is 11.6. The summed E-state index contributed by atoms with van der Waals surface area (Å²) in [5.74, 6) is -0.676. The molecular weight excluding hydrogens is 466 g/mol. The summed E-state index contributed by atoms with van der Waals surface area (Å²) in [5.41, 5.74) is 1.64. The Morgan fingerprint density at radius 2 is 1.44 bits per heavy atom. The predicted octanol–water partition coefficient (Wildman–Crippen LogP) is 1.16. The van der Waals surface area contributed by atoms with Crippen molar-refractivity contribution in [2.24, 2.45) is 0 Å². The van der Waals surface area contributed by atoms with Crippen LogP contribution in [0.1, 0.15) is 18.1 Å². The van der Waals surface area contributed by atoms with Gasteiger partial charge in [0.05, 0.1) is 26.9 Å². The molecule has 2 aromatic rings. The van der Waals surface area contributed by atoms with E-state index in [4.69, 9.17) is 9.47 Å². The van der Waals surface area contributed by atoms with Crippen molar-refractivity contribution in [3.05, 3.63) is 65.7 Å². The van der Waals surface area contributed by atoms with Crippen molar-refractivity contribution in [2.75, 3.05) is 20.8 Å². The van der Waals surface area contributed by atoms with Gasteiger partial charge in [-0.2, -0.15) is 0 Å². The van der Waals surface area contributed by atoms with Gasteiger partial charge in [0.1, 0.15) is 23.9 Å². The van der Waals surface area contributed by atoms with Gasteiger partial charge in [0.15, 0.2) is 5.78 Å². The van der Waals surface area contributed by atoms with E-state index in [-0.39, 0.29) is 18.6 Å². The smallest absolute Gasteiger partial charge is 0.407 e. The molecule has 192 valence electrons. The molecule has 1 saturated heterocycles. The van der Waals surface area contributed by atoms with Gasteiger partial charge in [-0.25, -0.2) is 4.79 Å². The van der Waals surface area contributed by atoms with Crippen LogP contribution in [0.15, 0.2) is 54.6 Å². The molecule has 4 atom stereocenters. The first-order valence-corrected chi connectivity index (χ1v) is 11.6. The van der Waals surface area contributed by atoms with Gasteiger partial charge >= 0.3 is 6.09 Å². The molecule has 0 bridgehead atoms. The SMILES string of the molecule is COC(=O)N[C@H](C)C(=O)N[C@@H](Cc1ccc(OC)cc1)C(=O)N[C@@H](Cc1ccccc1)C(=O)[C@H]1CO1. The molecule has 0 radical (unpaired) electrons. The number of Topliss-reactive ketones (excluding diaryl/α,β-unsaturated/α-hetero) is 1. The first kappa shape index (κ1) is 26.7. The zero-order valence-corrected chi connectivity index (χ0v) is 20.5. The van der Waals surface area contributed by atoms with E-state index in [2.05, 4.69) is 20.7 Å². The molecule has 1 aliphatic rings. The van der Waals surface area contributed by atoms with Crippen molar-refractivity contribution in [3.8, 4) is 5.75 Å². The van der Waals surface area contributed by atoms with Crippen LogP contribution in [0.25, 0.3) is 0 Å². The van der Waals surface area contributed by atoms with Gasteiger partial charge in [0.25, 0.3) is 0 Å². The molecule has 3 N–H and O–H groups in total. The minimum atomic E-state index is -1.01. The first-order chi connectivity index (χ1) is 17.3. The molecule has 1 aliphatic heterocycles. The molecule has 10 nitrogen and oxygen atoms in total. The molecule has 10 heteroatoms. The molecule has 2 aromatic carbocycles. The topological polar surface area (TPSA) is 135 Å². The molecule has 3 rings (SSSR count). The number of hydrogen-bond donors (Lipinski definition) is 3. The Morgan fingerprint density at radius 3 is 2.03 bits per heavy atom. The lowest BCUT2D eigenvalue weighted by Crippen LogP contribution is -2.56. The zero-order chi connectivity index (χ0) is 26.1. The fraction of sp³-hybridized carbons (Fsp3) is 0.385. The van der Waals surface area contributed by atoms with Gasteiger partial charge in [-0.3, -0.25) is 14.4 Å². The number of carbonyl (C=O) groups excluding carboxylic acids is 4. The molecule has 3 amide bonds. The number of nitrogens with one attached hydrogen (secondary N) is 3. The minimum absolute atomic E-state index is 0.151. The highest BCUT2D eigenvalue weighted by Gasteiger charge is 2.38. The maximum atomic E-state index is 13.4. The normalized spacial score (nSPS) is 16.6. The molecule has 0 saturated carbocycles. The van der Waals surface area contributed by atoms with Crippen LogP contribution in [0.3, 0.4) is 0 Å². The van der Waals surface area contributed by atoms with Crippen LogP contribution in [-0.2, 0) is 36.7 Å². The van der Waals surface area contributed by atoms with E-state index in [1.165, 1.54) is 14.0 Å². The second-order valence-corrected chi connectivity index (χ2v) is 8.45. The van der Waals surface area contributed by atoms with Crippen molar-refractivity contribution in [2.45, 2.75) is 44.0 Å². The number of ether oxygens (including phenoxy) is 3. The Balaban J connectivity index is 1.77. The summed E-state index contributed by atoms with van der Waals surface area (Å²) < 4.78 is 14.9. The van der Waals surface area contributed by atoms with Crippen LogP contribution >= 0.6 is 0 Å². The van der Waals surface area contributed by atoms with Crippen molar-refractivity contribution >= 4 is 23.7 Å². The number of ketones is 1. The molecule has 0 spiro atoms. The number of methoxy groups -OCH3 is 2.